The zero-order valence-corrected chi connectivity index (χ0v) is 10.3. The molecule has 0 saturated heterocycles. The third kappa shape index (κ3) is 3.26. The number of carboxylic acid groups (broad SMARTS) is 1. The Labute approximate surface area is 99.9 Å². The minimum atomic E-state index is -1.11. The largest absolute Gasteiger partial charge is 0.507 e. The predicted molar refractivity (Wildman–Crippen MR) is 59.5 cm³/mol. The molecule has 1 aromatic carbocycles. The van der Waals surface area contributed by atoms with Crippen LogP contribution in [0, 0.1) is 0 Å². The maximum absolute atomic E-state index is 10.6. The molecule has 0 aliphatic heterocycles. The fourth-order valence-corrected chi connectivity index (χ4v) is 1.18. The van der Waals surface area contributed by atoms with Crippen LogP contribution in [0.1, 0.15) is 36.7 Å². The molecular formula is C11H14AlO3. The molecule has 0 heterocycles. The average molecular weight is 221 g/mol. The number of hydrogen-bond acceptors (Lipinski definition) is 2. The summed E-state index contributed by atoms with van der Waals surface area (Å²) in [7, 11) is 0. The van der Waals surface area contributed by atoms with E-state index in [0.717, 1.165) is 5.56 Å². The first-order valence-electron chi connectivity index (χ1n) is 4.39. The van der Waals surface area contributed by atoms with Crippen LogP contribution >= 0.6 is 0 Å². The van der Waals surface area contributed by atoms with Gasteiger partial charge in [-0.15, -0.1) is 0 Å². The highest BCUT2D eigenvalue weighted by Crippen LogP contribution is 2.27. The maximum Gasteiger partial charge on any atom is 0.339 e. The van der Waals surface area contributed by atoms with E-state index in [4.69, 9.17) is 5.11 Å². The Balaban J connectivity index is 0.00000196. The van der Waals surface area contributed by atoms with E-state index in [9.17, 15) is 9.90 Å². The number of carbonyl (C=O) groups is 1. The van der Waals surface area contributed by atoms with Crippen molar-refractivity contribution in [2.45, 2.75) is 26.2 Å². The molecule has 3 nitrogen and oxygen atoms in total. The van der Waals surface area contributed by atoms with E-state index in [1.165, 1.54) is 12.1 Å². The van der Waals surface area contributed by atoms with Gasteiger partial charge in [0.15, 0.2) is 0 Å². The lowest BCUT2D eigenvalue weighted by molar-refractivity contribution is 0.0693. The number of aromatic hydroxyl groups is 1. The highest BCUT2D eigenvalue weighted by molar-refractivity contribution is 5.90. The SMILES string of the molecule is CC(C)(C)c1ccc(C(=O)O)c(O)c1.[Al]. The zero-order chi connectivity index (χ0) is 10.9. The lowest BCUT2D eigenvalue weighted by Gasteiger charge is -2.19. The molecule has 1 aromatic rings. The zero-order valence-electron chi connectivity index (χ0n) is 9.11. The molecule has 0 atom stereocenters. The van der Waals surface area contributed by atoms with Crippen molar-refractivity contribution >= 4 is 23.3 Å². The first-order chi connectivity index (χ1) is 6.32. The molecule has 0 saturated carbocycles. The van der Waals surface area contributed by atoms with E-state index in [1.807, 2.05) is 20.8 Å². The monoisotopic (exact) mass is 221 g/mol. The summed E-state index contributed by atoms with van der Waals surface area (Å²) in [5.41, 5.74) is 0.770. The van der Waals surface area contributed by atoms with Gasteiger partial charge in [-0.05, 0) is 23.1 Å². The van der Waals surface area contributed by atoms with Crippen molar-refractivity contribution in [3.63, 3.8) is 0 Å². The molecule has 0 bridgehead atoms. The molecule has 79 valence electrons. The van der Waals surface area contributed by atoms with Gasteiger partial charge in [0.2, 0.25) is 0 Å². The van der Waals surface area contributed by atoms with Crippen molar-refractivity contribution in [1.29, 1.82) is 0 Å². The first kappa shape index (κ1) is 14.0. The van der Waals surface area contributed by atoms with E-state index in [2.05, 4.69) is 0 Å². The van der Waals surface area contributed by atoms with Crippen molar-refractivity contribution in [3.05, 3.63) is 29.3 Å². The molecule has 0 amide bonds. The molecule has 0 spiro atoms. The number of phenols is 1. The summed E-state index contributed by atoms with van der Waals surface area (Å²) in [4.78, 5) is 10.6. The van der Waals surface area contributed by atoms with Crippen LogP contribution in [0.2, 0.25) is 0 Å². The Kier molecular flexibility index (Phi) is 4.39. The number of carboxylic acids is 1. The lowest BCUT2D eigenvalue weighted by Crippen LogP contribution is -2.11. The fourth-order valence-electron chi connectivity index (χ4n) is 1.18. The second-order valence-electron chi connectivity index (χ2n) is 4.29. The number of benzene rings is 1. The third-order valence-electron chi connectivity index (χ3n) is 2.09. The van der Waals surface area contributed by atoms with Crippen molar-refractivity contribution < 1.29 is 15.0 Å². The van der Waals surface area contributed by atoms with Crippen molar-refractivity contribution in [2.75, 3.05) is 0 Å². The summed E-state index contributed by atoms with van der Waals surface area (Å²) in [6, 6.07) is 4.66. The quantitative estimate of drug-likeness (QED) is 0.713. The maximum atomic E-state index is 10.6. The summed E-state index contributed by atoms with van der Waals surface area (Å²) < 4.78 is 0. The van der Waals surface area contributed by atoms with Gasteiger partial charge < -0.3 is 10.2 Å². The van der Waals surface area contributed by atoms with Crippen LogP contribution in [-0.2, 0) is 5.41 Å². The van der Waals surface area contributed by atoms with Gasteiger partial charge in [0.1, 0.15) is 11.3 Å². The van der Waals surface area contributed by atoms with Gasteiger partial charge in [0.05, 0.1) is 0 Å². The van der Waals surface area contributed by atoms with E-state index in [0.29, 0.717) is 0 Å². The first-order valence-corrected chi connectivity index (χ1v) is 4.39. The summed E-state index contributed by atoms with van der Waals surface area (Å²) in [5.74, 6) is -1.28. The van der Waals surface area contributed by atoms with Crippen LogP contribution in [-0.4, -0.2) is 33.5 Å². The molecule has 0 fully saturated rings. The van der Waals surface area contributed by atoms with E-state index >= 15 is 0 Å². The Morgan fingerprint density at radius 2 is 1.80 bits per heavy atom. The van der Waals surface area contributed by atoms with Crippen molar-refractivity contribution in [3.8, 4) is 5.75 Å². The molecule has 0 aliphatic carbocycles. The van der Waals surface area contributed by atoms with Crippen LogP contribution in [0.15, 0.2) is 18.2 Å². The van der Waals surface area contributed by atoms with Crippen LogP contribution < -0.4 is 0 Å². The molecule has 0 aromatic heterocycles. The highest BCUT2D eigenvalue weighted by Gasteiger charge is 2.17. The van der Waals surface area contributed by atoms with Gasteiger partial charge >= 0.3 is 5.97 Å². The number of aromatic carboxylic acids is 1. The van der Waals surface area contributed by atoms with Crippen LogP contribution in [0.3, 0.4) is 0 Å². The van der Waals surface area contributed by atoms with E-state index in [-0.39, 0.29) is 34.1 Å². The van der Waals surface area contributed by atoms with E-state index in [1.54, 1.807) is 6.07 Å². The Morgan fingerprint density at radius 1 is 1.27 bits per heavy atom. The second-order valence-corrected chi connectivity index (χ2v) is 4.29. The Hall–Kier alpha value is -0.978. The highest BCUT2D eigenvalue weighted by atomic mass is 27.0. The molecule has 4 heteroatoms. The molecule has 0 unspecified atom stereocenters. The summed E-state index contributed by atoms with van der Waals surface area (Å²) >= 11 is 0. The normalized spacial score (nSPS) is 10.6. The van der Waals surface area contributed by atoms with Crippen LogP contribution in [0.25, 0.3) is 0 Å². The standard InChI is InChI=1S/C11H14O3.Al/c1-11(2,3)7-4-5-8(10(13)14)9(12)6-7;/h4-6,12H,1-3H3,(H,13,14);. The van der Waals surface area contributed by atoms with Gasteiger partial charge in [-0.1, -0.05) is 26.8 Å². The fraction of sp³-hybridized carbons (Fsp3) is 0.364. The Bertz CT molecular complexity index is 367. The second kappa shape index (κ2) is 4.70. The smallest absolute Gasteiger partial charge is 0.339 e. The minimum absolute atomic E-state index is 0. The summed E-state index contributed by atoms with van der Waals surface area (Å²) in [6.07, 6.45) is 0. The molecule has 3 radical (unpaired) electrons. The molecule has 1 rings (SSSR count). The van der Waals surface area contributed by atoms with Gasteiger partial charge in [-0.2, -0.15) is 0 Å². The van der Waals surface area contributed by atoms with Gasteiger partial charge in [0.25, 0.3) is 0 Å². The topological polar surface area (TPSA) is 57.5 Å². The van der Waals surface area contributed by atoms with Gasteiger partial charge in [0, 0.05) is 17.4 Å². The van der Waals surface area contributed by atoms with E-state index < -0.39 is 5.97 Å². The van der Waals surface area contributed by atoms with Crippen LogP contribution in [0.5, 0.6) is 5.75 Å². The Morgan fingerprint density at radius 3 is 2.13 bits per heavy atom. The van der Waals surface area contributed by atoms with Crippen molar-refractivity contribution in [2.24, 2.45) is 0 Å². The molecular weight excluding hydrogens is 207 g/mol. The van der Waals surface area contributed by atoms with Gasteiger partial charge in [-0.3, -0.25) is 0 Å². The average Bonchev–Trinajstić information content (AvgIpc) is 2.01. The van der Waals surface area contributed by atoms with Crippen LogP contribution in [0.4, 0.5) is 0 Å². The molecule has 0 aliphatic rings. The summed E-state index contributed by atoms with van der Waals surface area (Å²) in [6.45, 7) is 6.01. The number of hydrogen-bond donors (Lipinski definition) is 2. The van der Waals surface area contributed by atoms with Gasteiger partial charge in [-0.25, -0.2) is 4.79 Å². The molecule has 2 N–H and O–H groups in total. The minimum Gasteiger partial charge on any atom is -0.507 e. The third-order valence-corrected chi connectivity index (χ3v) is 2.09. The molecule has 15 heavy (non-hydrogen) atoms. The number of rotatable bonds is 1. The summed E-state index contributed by atoms with van der Waals surface area (Å²) in [5, 5.41) is 18.1. The lowest BCUT2D eigenvalue weighted by atomic mass is 9.86. The predicted octanol–water partition coefficient (Wildman–Crippen LogP) is 2.01. The van der Waals surface area contributed by atoms with Crippen molar-refractivity contribution in [1.82, 2.24) is 0 Å².